The van der Waals surface area contributed by atoms with E-state index in [1.165, 1.54) is 0 Å². The minimum Gasteiger partial charge on any atom is -0.332 e. The summed E-state index contributed by atoms with van der Waals surface area (Å²) in [4.78, 5) is 16.1. The Hall–Kier alpha value is -1.16. The van der Waals surface area contributed by atoms with Gasteiger partial charge in [-0.2, -0.15) is 0 Å². The number of ketones is 1. The van der Waals surface area contributed by atoms with Crippen LogP contribution in [0.25, 0.3) is 0 Å². The minimum absolute atomic E-state index is 0.164. The molecule has 2 rings (SSSR count). The molecule has 1 aromatic rings. The highest BCUT2D eigenvalue weighted by atomic mass is 16.1. The monoisotopic (exact) mass is 193 g/mol. The number of aromatic nitrogens is 2. The molecule has 1 saturated heterocycles. The Kier molecular flexibility index (Phi) is 2.63. The molecule has 0 aliphatic carbocycles. The summed E-state index contributed by atoms with van der Waals surface area (Å²) in [5.74, 6) is 0.952. The first-order chi connectivity index (χ1) is 6.79. The van der Waals surface area contributed by atoms with E-state index in [2.05, 4.69) is 10.3 Å². The Balaban J connectivity index is 2.11. The van der Waals surface area contributed by atoms with E-state index in [-0.39, 0.29) is 11.7 Å². The number of rotatable bonds is 2. The Morgan fingerprint density at radius 2 is 2.29 bits per heavy atom. The van der Waals surface area contributed by atoms with Gasteiger partial charge in [0.05, 0.1) is 0 Å². The standard InChI is InChI=1S/C10H15N3O/c1-13-7-6-12-10(13)9(14)8-2-4-11-5-3-8/h6-8,11H,2-5H2,1H3. The Morgan fingerprint density at radius 3 is 2.86 bits per heavy atom. The van der Waals surface area contributed by atoms with Gasteiger partial charge in [0.2, 0.25) is 5.78 Å². The molecule has 1 fully saturated rings. The highest BCUT2D eigenvalue weighted by Crippen LogP contribution is 2.16. The normalized spacial score (nSPS) is 18.4. The van der Waals surface area contributed by atoms with Crippen molar-refractivity contribution in [1.82, 2.24) is 14.9 Å². The number of carbonyl (C=O) groups is 1. The second-order valence-corrected chi connectivity index (χ2v) is 3.75. The van der Waals surface area contributed by atoms with Crippen molar-refractivity contribution in [2.24, 2.45) is 13.0 Å². The first-order valence-corrected chi connectivity index (χ1v) is 5.01. The van der Waals surface area contributed by atoms with Crippen molar-refractivity contribution >= 4 is 5.78 Å². The topological polar surface area (TPSA) is 46.9 Å². The Labute approximate surface area is 83.3 Å². The molecule has 4 heteroatoms. The van der Waals surface area contributed by atoms with Crippen molar-refractivity contribution < 1.29 is 4.79 Å². The van der Waals surface area contributed by atoms with Crippen LogP contribution in [0.3, 0.4) is 0 Å². The summed E-state index contributed by atoms with van der Waals surface area (Å²) in [6, 6.07) is 0. The number of hydrogen-bond donors (Lipinski definition) is 1. The third kappa shape index (κ3) is 1.70. The SMILES string of the molecule is Cn1ccnc1C(=O)C1CCNCC1. The fourth-order valence-electron chi connectivity index (χ4n) is 1.87. The van der Waals surface area contributed by atoms with Crippen LogP contribution in [0, 0.1) is 5.92 Å². The van der Waals surface area contributed by atoms with E-state index in [0.717, 1.165) is 25.9 Å². The van der Waals surface area contributed by atoms with E-state index < -0.39 is 0 Å². The van der Waals surface area contributed by atoms with E-state index in [4.69, 9.17) is 0 Å². The summed E-state index contributed by atoms with van der Waals surface area (Å²) in [5.41, 5.74) is 0. The van der Waals surface area contributed by atoms with Gasteiger partial charge in [-0.05, 0) is 25.9 Å². The first-order valence-electron chi connectivity index (χ1n) is 5.01. The lowest BCUT2D eigenvalue weighted by Crippen LogP contribution is -2.32. The zero-order valence-corrected chi connectivity index (χ0v) is 8.36. The zero-order valence-electron chi connectivity index (χ0n) is 8.36. The molecule has 0 unspecified atom stereocenters. The lowest BCUT2D eigenvalue weighted by atomic mass is 9.93. The van der Waals surface area contributed by atoms with Crippen LogP contribution in [0.2, 0.25) is 0 Å². The number of hydrogen-bond acceptors (Lipinski definition) is 3. The van der Waals surface area contributed by atoms with Gasteiger partial charge in [0, 0.05) is 25.4 Å². The summed E-state index contributed by atoms with van der Waals surface area (Å²) in [6.45, 7) is 1.89. The van der Waals surface area contributed by atoms with Gasteiger partial charge in [0.15, 0.2) is 5.82 Å². The van der Waals surface area contributed by atoms with Crippen molar-refractivity contribution in [2.75, 3.05) is 13.1 Å². The molecule has 14 heavy (non-hydrogen) atoms. The van der Waals surface area contributed by atoms with Gasteiger partial charge in [-0.3, -0.25) is 4.79 Å². The van der Waals surface area contributed by atoms with Crippen LogP contribution in [0.4, 0.5) is 0 Å². The number of nitrogens with one attached hydrogen (secondary N) is 1. The third-order valence-corrected chi connectivity index (χ3v) is 2.75. The second-order valence-electron chi connectivity index (χ2n) is 3.75. The van der Waals surface area contributed by atoms with Gasteiger partial charge in [-0.1, -0.05) is 0 Å². The van der Waals surface area contributed by atoms with Crippen LogP contribution in [0.15, 0.2) is 12.4 Å². The van der Waals surface area contributed by atoms with Crippen LogP contribution >= 0.6 is 0 Å². The maximum Gasteiger partial charge on any atom is 0.201 e. The molecular weight excluding hydrogens is 178 g/mol. The maximum absolute atomic E-state index is 12.0. The Bertz CT molecular complexity index is 326. The van der Waals surface area contributed by atoms with Gasteiger partial charge in [0.25, 0.3) is 0 Å². The number of Topliss-reactive ketones (excluding diaryl/α,β-unsaturated/α-hetero) is 1. The molecule has 2 heterocycles. The zero-order chi connectivity index (χ0) is 9.97. The van der Waals surface area contributed by atoms with E-state index in [9.17, 15) is 4.79 Å². The highest BCUT2D eigenvalue weighted by Gasteiger charge is 2.24. The minimum atomic E-state index is 0.164. The number of imidazole rings is 1. The average Bonchev–Trinajstić information content (AvgIpc) is 2.65. The summed E-state index contributed by atoms with van der Waals surface area (Å²) >= 11 is 0. The molecule has 4 nitrogen and oxygen atoms in total. The Morgan fingerprint density at radius 1 is 1.57 bits per heavy atom. The fraction of sp³-hybridized carbons (Fsp3) is 0.600. The van der Waals surface area contributed by atoms with Crippen molar-refractivity contribution in [3.8, 4) is 0 Å². The van der Waals surface area contributed by atoms with Crippen LogP contribution in [-0.4, -0.2) is 28.4 Å². The molecule has 1 N–H and O–H groups in total. The molecule has 1 aliphatic rings. The molecule has 0 bridgehead atoms. The lowest BCUT2D eigenvalue weighted by molar-refractivity contribution is 0.0881. The van der Waals surface area contributed by atoms with Gasteiger partial charge >= 0.3 is 0 Å². The largest absolute Gasteiger partial charge is 0.332 e. The van der Waals surface area contributed by atoms with Crippen LogP contribution in [0.5, 0.6) is 0 Å². The molecule has 0 amide bonds. The fourth-order valence-corrected chi connectivity index (χ4v) is 1.87. The van der Waals surface area contributed by atoms with Crippen LogP contribution in [0.1, 0.15) is 23.5 Å². The average molecular weight is 193 g/mol. The quantitative estimate of drug-likeness (QED) is 0.700. The van der Waals surface area contributed by atoms with E-state index in [1.807, 2.05) is 13.2 Å². The highest BCUT2D eigenvalue weighted by molar-refractivity contribution is 5.94. The summed E-state index contributed by atoms with van der Waals surface area (Å²) in [7, 11) is 1.86. The molecule has 0 saturated carbocycles. The van der Waals surface area contributed by atoms with Crippen LogP contribution in [-0.2, 0) is 7.05 Å². The number of piperidine rings is 1. The molecule has 0 radical (unpaired) electrons. The number of aryl methyl sites for hydroxylation is 1. The summed E-state index contributed by atoms with van der Waals surface area (Å²) in [5, 5.41) is 3.25. The van der Waals surface area contributed by atoms with E-state index >= 15 is 0 Å². The molecule has 76 valence electrons. The third-order valence-electron chi connectivity index (χ3n) is 2.75. The molecule has 0 aromatic carbocycles. The summed E-state index contributed by atoms with van der Waals surface area (Å²) < 4.78 is 1.80. The number of carbonyl (C=O) groups excluding carboxylic acids is 1. The van der Waals surface area contributed by atoms with E-state index in [1.54, 1.807) is 10.8 Å². The van der Waals surface area contributed by atoms with Crippen LogP contribution < -0.4 is 5.32 Å². The smallest absolute Gasteiger partial charge is 0.201 e. The van der Waals surface area contributed by atoms with Gasteiger partial charge < -0.3 is 9.88 Å². The summed E-state index contributed by atoms with van der Waals surface area (Å²) in [6.07, 6.45) is 5.36. The van der Waals surface area contributed by atoms with Gasteiger partial charge in [0.1, 0.15) is 0 Å². The molecule has 0 atom stereocenters. The predicted molar refractivity (Wildman–Crippen MR) is 53.1 cm³/mol. The second kappa shape index (κ2) is 3.92. The van der Waals surface area contributed by atoms with E-state index in [0.29, 0.717) is 5.82 Å². The molecule has 0 spiro atoms. The van der Waals surface area contributed by atoms with Crippen molar-refractivity contribution in [3.05, 3.63) is 18.2 Å². The van der Waals surface area contributed by atoms with Crippen molar-refractivity contribution in [1.29, 1.82) is 0 Å². The predicted octanol–water partition coefficient (Wildman–Crippen LogP) is 0.602. The van der Waals surface area contributed by atoms with Gasteiger partial charge in [-0.25, -0.2) is 4.98 Å². The van der Waals surface area contributed by atoms with Gasteiger partial charge in [-0.15, -0.1) is 0 Å². The van der Waals surface area contributed by atoms with Crippen molar-refractivity contribution in [2.45, 2.75) is 12.8 Å². The first kappa shape index (κ1) is 9.40. The maximum atomic E-state index is 12.0. The lowest BCUT2D eigenvalue weighted by Gasteiger charge is -2.20. The molecular formula is C10H15N3O. The van der Waals surface area contributed by atoms with Crippen molar-refractivity contribution in [3.63, 3.8) is 0 Å². The number of nitrogens with zero attached hydrogens (tertiary/aromatic N) is 2. The molecule has 1 aliphatic heterocycles. The molecule has 1 aromatic heterocycles.